The minimum atomic E-state index is 0.861. The van der Waals surface area contributed by atoms with Gasteiger partial charge in [-0.1, -0.05) is 0 Å². The number of hydrogen-bond acceptors (Lipinski definition) is 3. The van der Waals surface area contributed by atoms with Crippen LogP contribution in [0, 0.1) is 6.92 Å². The van der Waals surface area contributed by atoms with Crippen molar-refractivity contribution in [3.63, 3.8) is 0 Å². The highest BCUT2D eigenvalue weighted by atomic mass is 79.9. The molecule has 0 unspecified atom stereocenters. The van der Waals surface area contributed by atoms with Gasteiger partial charge in [-0.3, -0.25) is 0 Å². The lowest BCUT2D eigenvalue weighted by atomic mass is 10.3. The van der Waals surface area contributed by atoms with Crippen molar-refractivity contribution in [3.8, 4) is 0 Å². The van der Waals surface area contributed by atoms with Gasteiger partial charge in [-0.15, -0.1) is 0 Å². The van der Waals surface area contributed by atoms with Crippen molar-refractivity contribution in [2.45, 2.75) is 6.92 Å². The summed E-state index contributed by atoms with van der Waals surface area (Å²) in [5.41, 5.74) is 1.17. The molecule has 1 rings (SSSR count). The molecular weight excluding hydrogens is 218 g/mol. The number of halogens is 1. The summed E-state index contributed by atoms with van der Waals surface area (Å²) in [6, 6.07) is 1.99. The number of rotatable bonds is 2. The molecule has 0 radical (unpaired) electrons. The minimum absolute atomic E-state index is 0.861. The van der Waals surface area contributed by atoms with E-state index in [9.17, 15) is 0 Å². The van der Waals surface area contributed by atoms with E-state index in [-0.39, 0.29) is 0 Å². The summed E-state index contributed by atoms with van der Waals surface area (Å²) in [6.07, 6.45) is 0. The lowest BCUT2D eigenvalue weighted by Crippen LogP contribution is -1.99. The molecule has 0 saturated heterocycles. The quantitative estimate of drug-likeness (QED) is 0.817. The second kappa shape index (κ2) is 3.76. The third kappa shape index (κ3) is 1.69. The van der Waals surface area contributed by atoms with Crippen molar-refractivity contribution in [1.82, 2.24) is 4.98 Å². The molecule has 0 aliphatic rings. The van der Waals surface area contributed by atoms with Crippen LogP contribution in [0.4, 0.5) is 11.6 Å². The summed E-state index contributed by atoms with van der Waals surface area (Å²) in [5, 5.41) is 6.01. The highest BCUT2D eigenvalue weighted by molar-refractivity contribution is 9.10. The summed E-state index contributed by atoms with van der Waals surface area (Å²) in [6.45, 7) is 2.04. The second-order valence-electron chi connectivity index (χ2n) is 2.49. The SMILES string of the molecule is CNc1cc(C)c(Br)c(NC)n1. The number of pyridine rings is 1. The molecule has 1 aromatic rings. The van der Waals surface area contributed by atoms with E-state index < -0.39 is 0 Å². The van der Waals surface area contributed by atoms with Crippen LogP contribution in [0.1, 0.15) is 5.56 Å². The van der Waals surface area contributed by atoms with Gasteiger partial charge in [0.15, 0.2) is 0 Å². The maximum atomic E-state index is 4.30. The number of nitrogens with zero attached hydrogens (tertiary/aromatic N) is 1. The van der Waals surface area contributed by atoms with Crippen LogP contribution >= 0.6 is 15.9 Å². The molecule has 0 saturated carbocycles. The Morgan fingerprint density at radius 3 is 2.50 bits per heavy atom. The first-order chi connectivity index (χ1) is 5.69. The Morgan fingerprint density at radius 2 is 2.00 bits per heavy atom. The fourth-order valence-corrected chi connectivity index (χ4v) is 1.35. The summed E-state index contributed by atoms with van der Waals surface area (Å²) in [5.74, 6) is 1.74. The zero-order chi connectivity index (χ0) is 9.14. The zero-order valence-corrected chi connectivity index (χ0v) is 8.99. The monoisotopic (exact) mass is 229 g/mol. The highest BCUT2D eigenvalue weighted by Crippen LogP contribution is 2.25. The fourth-order valence-electron chi connectivity index (χ4n) is 0.951. The van der Waals surface area contributed by atoms with Crippen LogP contribution in [-0.2, 0) is 0 Å². The third-order valence-electron chi connectivity index (χ3n) is 1.63. The molecule has 0 amide bonds. The Kier molecular flexibility index (Phi) is 2.92. The average molecular weight is 230 g/mol. The van der Waals surface area contributed by atoms with E-state index in [4.69, 9.17) is 0 Å². The van der Waals surface area contributed by atoms with Gasteiger partial charge in [-0.25, -0.2) is 4.98 Å². The van der Waals surface area contributed by atoms with Crippen LogP contribution < -0.4 is 10.6 Å². The Morgan fingerprint density at radius 1 is 1.33 bits per heavy atom. The van der Waals surface area contributed by atoms with Gasteiger partial charge in [0.05, 0.1) is 4.47 Å². The number of hydrogen-bond donors (Lipinski definition) is 2. The summed E-state index contributed by atoms with van der Waals surface area (Å²) < 4.78 is 1.02. The lowest BCUT2D eigenvalue weighted by Gasteiger charge is -2.08. The summed E-state index contributed by atoms with van der Waals surface area (Å²) in [7, 11) is 3.71. The van der Waals surface area contributed by atoms with Gasteiger partial charge < -0.3 is 10.6 Å². The molecule has 0 aromatic carbocycles. The van der Waals surface area contributed by atoms with Crippen molar-refractivity contribution in [2.24, 2.45) is 0 Å². The first kappa shape index (κ1) is 9.32. The summed E-state index contributed by atoms with van der Waals surface area (Å²) in [4.78, 5) is 4.30. The molecule has 0 bridgehead atoms. The number of anilines is 2. The molecular formula is C8H12BrN3. The number of aryl methyl sites for hydroxylation is 1. The van der Waals surface area contributed by atoms with E-state index in [2.05, 4.69) is 31.5 Å². The zero-order valence-electron chi connectivity index (χ0n) is 7.40. The Balaban J connectivity index is 3.19. The van der Waals surface area contributed by atoms with Gasteiger partial charge in [-0.05, 0) is 34.5 Å². The van der Waals surface area contributed by atoms with Gasteiger partial charge in [0.1, 0.15) is 11.6 Å². The Hall–Kier alpha value is -0.770. The van der Waals surface area contributed by atoms with Crippen LogP contribution in [0.15, 0.2) is 10.5 Å². The van der Waals surface area contributed by atoms with Crippen molar-refractivity contribution in [2.75, 3.05) is 24.7 Å². The normalized spacial score (nSPS) is 9.67. The predicted octanol–water partition coefficient (Wildman–Crippen LogP) is 2.24. The van der Waals surface area contributed by atoms with Crippen LogP contribution in [0.3, 0.4) is 0 Å². The predicted molar refractivity (Wildman–Crippen MR) is 55.8 cm³/mol. The maximum Gasteiger partial charge on any atom is 0.142 e. The van der Waals surface area contributed by atoms with Crippen LogP contribution in [0.2, 0.25) is 0 Å². The van der Waals surface area contributed by atoms with Gasteiger partial charge in [-0.2, -0.15) is 0 Å². The molecule has 1 heterocycles. The van der Waals surface area contributed by atoms with E-state index in [1.165, 1.54) is 5.56 Å². The first-order valence-electron chi connectivity index (χ1n) is 3.71. The smallest absolute Gasteiger partial charge is 0.142 e. The van der Waals surface area contributed by atoms with E-state index in [0.717, 1.165) is 16.1 Å². The fraction of sp³-hybridized carbons (Fsp3) is 0.375. The van der Waals surface area contributed by atoms with E-state index in [1.807, 2.05) is 27.1 Å². The lowest BCUT2D eigenvalue weighted by molar-refractivity contribution is 1.22. The molecule has 12 heavy (non-hydrogen) atoms. The molecule has 0 atom stereocenters. The molecule has 0 aliphatic carbocycles. The van der Waals surface area contributed by atoms with Crippen LogP contribution in [0.5, 0.6) is 0 Å². The van der Waals surface area contributed by atoms with Crippen molar-refractivity contribution >= 4 is 27.6 Å². The molecule has 3 nitrogen and oxygen atoms in total. The van der Waals surface area contributed by atoms with Crippen LogP contribution in [0.25, 0.3) is 0 Å². The van der Waals surface area contributed by atoms with E-state index in [0.29, 0.717) is 0 Å². The Labute approximate surface area is 80.7 Å². The molecule has 1 aromatic heterocycles. The molecule has 0 aliphatic heterocycles. The van der Waals surface area contributed by atoms with Gasteiger partial charge in [0.2, 0.25) is 0 Å². The van der Waals surface area contributed by atoms with E-state index >= 15 is 0 Å². The van der Waals surface area contributed by atoms with Crippen molar-refractivity contribution in [3.05, 3.63) is 16.1 Å². The standard InChI is InChI=1S/C8H12BrN3/c1-5-4-6(10-2)12-8(11-3)7(5)9/h4H,1-3H3,(H2,10,11,12). The highest BCUT2D eigenvalue weighted by Gasteiger charge is 2.04. The first-order valence-corrected chi connectivity index (χ1v) is 4.51. The van der Waals surface area contributed by atoms with Crippen LogP contribution in [-0.4, -0.2) is 19.1 Å². The van der Waals surface area contributed by atoms with Gasteiger partial charge >= 0.3 is 0 Å². The minimum Gasteiger partial charge on any atom is -0.373 e. The number of nitrogens with one attached hydrogen (secondary N) is 2. The number of aromatic nitrogens is 1. The third-order valence-corrected chi connectivity index (χ3v) is 2.63. The van der Waals surface area contributed by atoms with Gasteiger partial charge in [0.25, 0.3) is 0 Å². The van der Waals surface area contributed by atoms with E-state index in [1.54, 1.807) is 0 Å². The van der Waals surface area contributed by atoms with Crippen molar-refractivity contribution < 1.29 is 0 Å². The molecule has 0 spiro atoms. The topological polar surface area (TPSA) is 37.0 Å². The molecule has 0 fully saturated rings. The van der Waals surface area contributed by atoms with Crippen molar-refractivity contribution in [1.29, 1.82) is 0 Å². The summed E-state index contributed by atoms with van der Waals surface area (Å²) >= 11 is 3.45. The second-order valence-corrected chi connectivity index (χ2v) is 3.28. The maximum absolute atomic E-state index is 4.30. The average Bonchev–Trinajstić information content (AvgIpc) is 2.09. The largest absolute Gasteiger partial charge is 0.373 e. The molecule has 2 N–H and O–H groups in total. The molecule has 66 valence electrons. The molecule has 4 heteroatoms. The Bertz CT molecular complexity index is 286. The van der Waals surface area contributed by atoms with Gasteiger partial charge in [0, 0.05) is 14.1 Å².